The quantitative estimate of drug-likeness (QED) is 0.824. The summed E-state index contributed by atoms with van der Waals surface area (Å²) in [4.78, 5) is 22.7. The number of hydrogen-bond acceptors (Lipinski definition) is 6. The Morgan fingerprint density at radius 1 is 1.52 bits per heavy atom. The SMILES string of the molecule is C[C@@H]1CN(Cc2csc(CC(=O)N(C)C)n2)CCN1C[C@@H](C)O. The topological polar surface area (TPSA) is 59.9 Å². The molecule has 0 saturated carbocycles. The Bertz CT molecular complexity index is 518. The van der Waals surface area contributed by atoms with Gasteiger partial charge in [0.15, 0.2) is 0 Å². The summed E-state index contributed by atoms with van der Waals surface area (Å²) in [7, 11) is 3.54. The summed E-state index contributed by atoms with van der Waals surface area (Å²) in [5.74, 6) is 0.0891. The zero-order valence-corrected chi connectivity index (χ0v) is 15.3. The molecule has 1 aromatic rings. The summed E-state index contributed by atoms with van der Waals surface area (Å²) < 4.78 is 0. The Balaban J connectivity index is 1.84. The Labute approximate surface area is 142 Å². The van der Waals surface area contributed by atoms with Crippen molar-refractivity contribution >= 4 is 17.2 Å². The fourth-order valence-corrected chi connectivity index (χ4v) is 3.62. The summed E-state index contributed by atoms with van der Waals surface area (Å²) in [6, 6.07) is 0.437. The highest BCUT2D eigenvalue weighted by atomic mass is 32.1. The molecule has 1 saturated heterocycles. The minimum absolute atomic E-state index is 0.0891. The molecule has 1 aliphatic rings. The summed E-state index contributed by atoms with van der Waals surface area (Å²) in [5.41, 5.74) is 1.05. The third kappa shape index (κ3) is 5.53. The van der Waals surface area contributed by atoms with Crippen molar-refractivity contribution < 1.29 is 9.90 Å². The smallest absolute Gasteiger partial charge is 0.228 e. The van der Waals surface area contributed by atoms with Crippen LogP contribution in [0.15, 0.2) is 5.38 Å². The van der Waals surface area contributed by atoms with Gasteiger partial charge >= 0.3 is 0 Å². The molecule has 1 amide bonds. The predicted molar refractivity (Wildman–Crippen MR) is 92.5 cm³/mol. The molecule has 0 aliphatic carbocycles. The fourth-order valence-electron chi connectivity index (χ4n) is 2.84. The first-order chi connectivity index (χ1) is 10.8. The number of thiazole rings is 1. The Hall–Kier alpha value is -1.02. The van der Waals surface area contributed by atoms with Gasteiger partial charge in [-0.25, -0.2) is 4.98 Å². The molecular weight excluding hydrogens is 312 g/mol. The zero-order chi connectivity index (χ0) is 17.0. The van der Waals surface area contributed by atoms with Crippen LogP contribution in [0.5, 0.6) is 0 Å². The van der Waals surface area contributed by atoms with Gasteiger partial charge in [-0.05, 0) is 13.8 Å². The molecule has 23 heavy (non-hydrogen) atoms. The molecular formula is C16H28N4O2S. The Morgan fingerprint density at radius 3 is 2.87 bits per heavy atom. The van der Waals surface area contributed by atoms with Gasteiger partial charge in [-0.3, -0.25) is 14.6 Å². The number of carbonyl (C=O) groups excluding carboxylic acids is 1. The fraction of sp³-hybridized carbons (Fsp3) is 0.750. The van der Waals surface area contributed by atoms with E-state index in [4.69, 9.17) is 0 Å². The van der Waals surface area contributed by atoms with Gasteiger partial charge in [0.1, 0.15) is 5.01 Å². The highest BCUT2D eigenvalue weighted by molar-refractivity contribution is 7.09. The van der Waals surface area contributed by atoms with Crippen LogP contribution in [-0.4, -0.2) is 83.1 Å². The number of aliphatic hydroxyl groups excluding tert-OH is 1. The zero-order valence-electron chi connectivity index (χ0n) is 14.5. The number of hydrogen-bond donors (Lipinski definition) is 1. The molecule has 0 bridgehead atoms. The van der Waals surface area contributed by atoms with Crippen LogP contribution < -0.4 is 0 Å². The lowest BCUT2D eigenvalue weighted by atomic mass is 10.1. The van der Waals surface area contributed by atoms with Crippen molar-refractivity contribution in [2.45, 2.75) is 39.0 Å². The van der Waals surface area contributed by atoms with Gasteiger partial charge in [0.2, 0.25) is 5.91 Å². The van der Waals surface area contributed by atoms with E-state index >= 15 is 0 Å². The predicted octanol–water partition coefficient (Wildman–Crippen LogP) is 0.661. The van der Waals surface area contributed by atoms with Crippen LogP contribution in [0.25, 0.3) is 0 Å². The van der Waals surface area contributed by atoms with Crippen molar-refractivity contribution in [2.24, 2.45) is 0 Å². The summed E-state index contributed by atoms with van der Waals surface area (Å²) in [5, 5.41) is 12.5. The number of carbonyl (C=O) groups is 1. The van der Waals surface area contributed by atoms with Crippen molar-refractivity contribution in [3.05, 3.63) is 16.1 Å². The molecule has 1 aliphatic heterocycles. The van der Waals surface area contributed by atoms with Crippen LogP contribution in [0, 0.1) is 0 Å². The lowest BCUT2D eigenvalue weighted by Gasteiger charge is -2.40. The second-order valence-corrected chi connectivity index (χ2v) is 7.57. The van der Waals surface area contributed by atoms with E-state index in [1.807, 2.05) is 6.92 Å². The molecule has 130 valence electrons. The van der Waals surface area contributed by atoms with Gasteiger partial charge < -0.3 is 10.0 Å². The lowest BCUT2D eigenvalue weighted by Crippen LogP contribution is -2.53. The molecule has 2 atom stereocenters. The average Bonchev–Trinajstić information content (AvgIpc) is 2.88. The number of β-amino-alcohol motifs (C(OH)–C–C–N with tert-alkyl or cyclic N) is 1. The lowest BCUT2D eigenvalue weighted by molar-refractivity contribution is -0.127. The van der Waals surface area contributed by atoms with Crippen molar-refractivity contribution in [2.75, 3.05) is 40.3 Å². The maximum atomic E-state index is 11.7. The van der Waals surface area contributed by atoms with Gasteiger partial charge in [0, 0.05) is 58.2 Å². The third-order valence-corrected chi connectivity index (χ3v) is 5.03. The molecule has 6 nitrogen and oxygen atoms in total. The van der Waals surface area contributed by atoms with Crippen LogP contribution in [-0.2, 0) is 17.8 Å². The first-order valence-corrected chi connectivity index (χ1v) is 9.01. The maximum absolute atomic E-state index is 11.7. The molecule has 0 spiro atoms. The number of aliphatic hydroxyl groups is 1. The number of piperazine rings is 1. The molecule has 0 unspecified atom stereocenters. The van der Waals surface area contributed by atoms with E-state index in [1.165, 1.54) is 0 Å². The molecule has 7 heteroatoms. The Kier molecular flexibility index (Phi) is 6.52. The van der Waals surface area contributed by atoms with E-state index in [0.29, 0.717) is 12.5 Å². The molecule has 1 aromatic heterocycles. The van der Waals surface area contributed by atoms with Crippen LogP contribution >= 0.6 is 11.3 Å². The molecule has 2 heterocycles. The molecule has 1 fully saturated rings. The van der Waals surface area contributed by atoms with E-state index in [2.05, 4.69) is 27.1 Å². The van der Waals surface area contributed by atoms with Crippen molar-refractivity contribution in [3.63, 3.8) is 0 Å². The van der Waals surface area contributed by atoms with Crippen LogP contribution in [0.4, 0.5) is 0 Å². The highest BCUT2D eigenvalue weighted by Crippen LogP contribution is 2.16. The monoisotopic (exact) mass is 340 g/mol. The van der Waals surface area contributed by atoms with E-state index in [1.54, 1.807) is 30.3 Å². The van der Waals surface area contributed by atoms with E-state index in [9.17, 15) is 9.90 Å². The van der Waals surface area contributed by atoms with Gasteiger partial charge in [-0.1, -0.05) is 0 Å². The molecule has 2 rings (SSSR count). The number of aromatic nitrogens is 1. The van der Waals surface area contributed by atoms with Crippen molar-refractivity contribution in [3.8, 4) is 0 Å². The molecule has 0 aromatic carbocycles. The van der Waals surface area contributed by atoms with Crippen LogP contribution in [0.3, 0.4) is 0 Å². The first-order valence-electron chi connectivity index (χ1n) is 8.13. The number of rotatable bonds is 6. The third-order valence-electron chi connectivity index (χ3n) is 4.13. The normalized spacial score (nSPS) is 21.3. The first kappa shape index (κ1) is 18.3. The van der Waals surface area contributed by atoms with Crippen LogP contribution in [0.1, 0.15) is 24.5 Å². The summed E-state index contributed by atoms with van der Waals surface area (Å²) in [6.45, 7) is 8.56. The molecule has 0 radical (unpaired) electrons. The van der Waals surface area contributed by atoms with E-state index in [0.717, 1.165) is 43.4 Å². The Morgan fingerprint density at radius 2 is 2.26 bits per heavy atom. The van der Waals surface area contributed by atoms with Crippen molar-refractivity contribution in [1.29, 1.82) is 0 Å². The van der Waals surface area contributed by atoms with E-state index < -0.39 is 0 Å². The number of likely N-dealkylation sites (N-methyl/N-ethyl adjacent to an activating group) is 1. The van der Waals surface area contributed by atoms with Gasteiger partial charge in [-0.15, -0.1) is 11.3 Å². The molecule has 1 N–H and O–H groups in total. The van der Waals surface area contributed by atoms with Crippen LogP contribution in [0.2, 0.25) is 0 Å². The number of amides is 1. The minimum atomic E-state index is -0.278. The van der Waals surface area contributed by atoms with Gasteiger partial charge in [-0.2, -0.15) is 0 Å². The second kappa shape index (κ2) is 8.19. The van der Waals surface area contributed by atoms with Crippen molar-refractivity contribution in [1.82, 2.24) is 19.7 Å². The summed E-state index contributed by atoms with van der Waals surface area (Å²) >= 11 is 1.56. The standard InChI is InChI=1S/C16H28N4O2S/c1-12-8-19(5-6-20(12)9-13(2)21)10-14-11-23-15(17-14)7-16(22)18(3)4/h11-13,21H,5-10H2,1-4H3/t12-,13-/m1/s1. The van der Waals surface area contributed by atoms with Gasteiger partial charge in [0.05, 0.1) is 18.2 Å². The number of nitrogens with zero attached hydrogens (tertiary/aromatic N) is 4. The maximum Gasteiger partial charge on any atom is 0.228 e. The van der Waals surface area contributed by atoms with Gasteiger partial charge in [0.25, 0.3) is 0 Å². The van der Waals surface area contributed by atoms with E-state index in [-0.39, 0.29) is 12.0 Å². The summed E-state index contributed by atoms with van der Waals surface area (Å²) in [6.07, 6.45) is 0.107. The highest BCUT2D eigenvalue weighted by Gasteiger charge is 2.24. The largest absolute Gasteiger partial charge is 0.392 e. The average molecular weight is 340 g/mol. The second-order valence-electron chi connectivity index (χ2n) is 6.63. The minimum Gasteiger partial charge on any atom is -0.392 e.